The number of unbranched alkanes of at least 4 members (excludes halogenated alkanes) is 2. The van der Waals surface area contributed by atoms with Crippen LogP contribution in [0, 0.1) is 0 Å². The van der Waals surface area contributed by atoms with Crippen molar-refractivity contribution in [2.75, 3.05) is 6.61 Å². The average molecular weight is 172 g/mol. The summed E-state index contributed by atoms with van der Waals surface area (Å²) in [6, 6.07) is 0. The lowest BCUT2D eigenvalue weighted by Crippen LogP contribution is -2.24. The molecule has 2 heteroatoms. The molecule has 2 atom stereocenters. The molecule has 0 aromatic rings. The van der Waals surface area contributed by atoms with Gasteiger partial charge in [-0.05, 0) is 19.3 Å². The number of aliphatic hydroxyl groups is 1. The number of ether oxygens (including phenoxy) is 1. The first kappa shape index (κ1) is 10.0. The summed E-state index contributed by atoms with van der Waals surface area (Å²) >= 11 is 0. The molecule has 0 saturated carbocycles. The summed E-state index contributed by atoms with van der Waals surface area (Å²) in [5, 5.41) is 9.65. The molecule has 1 heterocycles. The van der Waals surface area contributed by atoms with E-state index in [1.165, 1.54) is 12.8 Å². The molecule has 1 aliphatic heterocycles. The maximum Gasteiger partial charge on any atom is 0.0834 e. The molecule has 0 aliphatic carbocycles. The van der Waals surface area contributed by atoms with Gasteiger partial charge < -0.3 is 9.84 Å². The number of rotatable bonds is 5. The highest BCUT2D eigenvalue weighted by Crippen LogP contribution is 2.19. The van der Waals surface area contributed by atoms with Crippen LogP contribution in [-0.2, 0) is 4.74 Å². The molecule has 0 spiro atoms. The summed E-state index contributed by atoms with van der Waals surface area (Å²) in [5.41, 5.74) is 0. The Bertz CT molecular complexity index is 108. The Hall–Kier alpha value is -0.0800. The van der Waals surface area contributed by atoms with E-state index in [2.05, 4.69) is 6.92 Å². The lowest BCUT2D eigenvalue weighted by Gasteiger charge is -2.16. The van der Waals surface area contributed by atoms with Crippen molar-refractivity contribution in [2.24, 2.45) is 0 Å². The zero-order chi connectivity index (χ0) is 8.81. The van der Waals surface area contributed by atoms with Gasteiger partial charge in [0.05, 0.1) is 12.2 Å². The summed E-state index contributed by atoms with van der Waals surface area (Å²) in [7, 11) is 0. The molecule has 1 N–H and O–H groups in total. The van der Waals surface area contributed by atoms with Gasteiger partial charge in [-0.25, -0.2) is 0 Å². The molecule has 1 fully saturated rings. The molecule has 12 heavy (non-hydrogen) atoms. The number of hydrogen-bond acceptors (Lipinski definition) is 2. The zero-order valence-electron chi connectivity index (χ0n) is 7.96. The first-order chi connectivity index (χ1) is 5.84. The van der Waals surface area contributed by atoms with Crippen LogP contribution in [0.4, 0.5) is 0 Å². The van der Waals surface area contributed by atoms with Crippen LogP contribution < -0.4 is 0 Å². The van der Waals surface area contributed by atoms with Gasteiger partial charge in [-0.1, -0.05) is 26.2 Å². The highest BCUT2D eigenvalue weighted by Gasteiger charge is 2.23. The maximum atomic E-state index is 9.65. The van der Waals surface area contributed by atoms with Crippen LogP contribution in [0.3, 0.4) is 0 Å². The van der Waals surface area contributed by atoms with E-state index in [4.69, 9.17) is 4.74 Å². The van der Waals surface area contributed by atoms with Gasteiger partial charge in [-0.3, -0.25) is 0 Å². The Kier molecular flexibility index (Phi) is 4.62. The monoisotopic (exact) mass is 172 g/mol. The van der Waals surface area contributed by atoms with Gasteiger partial charge in [0.1, 0.15) is 0 Å². The predicted molar refractivity (Wildman–Crippen MR) is 49.1 cm³/mol. The molecule has 0 bridgehead atoms. The van der Waals surface area contributed by atoms with Gasteiger partial charge >= 0.3 is 0 Å². The third-order valence-electron chi connectivity index (χ3n) is 2.50. The van der Waals surface area contributed by atoms with Crippen LogP contribution in [0.15, 0.2) is 0 Å². The second-order valence-corrected chi connectivity index (χ2v) is 3.61. The fourth-order valence-corrected chi connectivity index (χ4v) is 1.70. The van der Waals surface area contributed by atoms with Gasteiger partial charge in [0.2, 0.25) is 0 Å². The maximum absolute atomic E-state index is 9.65. The van der Waals surface area contributed by atoms with Crippen molar-refractivity contribution in [3.8, 4) is 0 Å². The van der Waals surface area contributed by atoms with E-state index in [1.807, 2.05) is 0 Å². The lowest BCUT2D eigenvalue weighted by molar-refractivity contribution is -0.00631. The van der Waals surface area contributed by atoms with Gasteiger partial charge in [0, 0.05) is 6.61 Å². The van der Waals surface area contributed by atoms with Crippen molar-refractivity contribution in [2.45, 2.75) is 57.7 Å². The van der Waals surface area contributed by atoms with Gasteiger partial charge in [0.15, 0.2) is 0 Å². The number of hydrogen-bond donors (Lipinski definition) is 1. The summed E-state index contributed by atoms with van der Waals surface area (Å²) in [4.78, 5) is 0. The lowest BCUT2D eigenvalue weighted by atomic mass is 10.0. The quantitative estimate of drug-likeness (QED) is 0.643. The highest BCUT2D eigenvalue weighted by molar-refractivity contribution is 4.73. The van der Waals surface area contributed by atoms with E-state index in [0.29, 0.717) is 0 Å². The van der Waals surface area contributed by atoms with E-state index in [1.54, 1.807) is 0 Å². The van der Waals surface area contributed by atoms with Crippen LogP contribution >= 0.6 is 0 Å². The smallest absolute Gasteiger partial charge is 0.0834 e. The topological polar surface area (TPSA) is 29.5 Å². The van der Waals surface area contributed by atoms with Crippen LogP contribution in [0.1, 0.15) is 45.4 Å². The Morgan fingerprint density at radius 1 is 1.50 bits per heavy atom. The number of aliphatic hydroxyl groups excluding tert-OH is 1. The Labute approximate surface area is 74.9 Å². The largest absolute Gasteiger partial charge is 0.390 e. The van der Waals surface area contributed by atoms with E-state index in [9.17, 15) is 5.11 Å². The minimum atomic E-state index is -0.209. The first-order valence-corrected chi connectivity index (χ1v) is 5.14. The van der Waals surface area contributed by atoms with Crippen molar-refractivity contribution in [3.05, 3.63) is 0 Å². The standard InChI is InChI=1S/C10H20O2/c1-2-3-4-6-9(11)10-7-5-8-12-10/h9-11H,2-8H2,1H3. The fourth-order valence-electron chi connectivity index (χ4n) is 1.70. The van der Waals surface area contributed by atoms with Gasteiger partial charge in [-0.15, -0.1) is 0 Å². The van der Waals surface area contributed by atoms with E-state index < -0.39 is 0 Å². The van der Waals surface area contributed by atoms with Crippen LogP contribution in [0.5, 0.6) is 0 Å². The van der Waals surface area contributed by atoms with Crippen molar-refractivity contribution >= 4 is 0 Å². The predicted octanol–water partition coefficient (Wildman–Crippen LogP) is 2.11. The molecule has 72 valence electrons. The summed E-state index contributed by atoms with van der Waals surface area (Å²) in [5.74, 6) is 0. The Morgan fingerprint density at radius 2 is 2.33 bits per heavy atom. The Balaban J connectivity index is 2.05. The normalized spacial score (nSPS) is 26.0. The van der Waals surface area contributed by atoms with E-state index in [-0.39, 0.29) is 12.2 Å². The summed E-state index contributed by atoms with van der Waals surface area (Å²) in [6.07, 6.45) is 6.60. The summed E-state index contributed by atoms with van der Waals surface area (Å²) < 4.78 is 5.40. The van der Waals surface area contributed by atoms with Crippen molar-refractivity contribution in [3.63, 3.8) is 0 Å². The molecular formula is C10H20O2. The molecular weight excluding hydrogens is 152 g/mol. The Morgan fingerprint density at radius 3 is 2.92 bits per heavy atom. The summed E-state index contributed by atoms with van der Waals surface area (Å²) in [6.45, 7) is 3.02. The molecule has 1 rings (SSSR count). The molecule has 0 radical (unpaired) electrons. The minimum absolute atomic E-state index is 0.141. The molecule has 2 nitrogen and oxygen atoms in total. The fraction of sp³-hybridized carbons (Fsp3) is 1.00. The minimum Gasteiger partial charge on any atom is -0.390 e. The molecule has 0 amide bonds. The van der Waals surface area contributed by atoms with Crippen molar-refractivity contribution < 1.29 is 9.84 Å². The second kappa shape index (κ2) is 5.55. The molecule has 0 aromatic heterocycles. The molecule has 1 saturated heterocycles. The van der Waals surface area contributed by atoms with Crippen LogP contribution in [0.25, 0.3) is 0 Å². The van der Waals surface area contributed by atoms with Gasteiger partial charge in [-0.2, -0.15) is 0 Å². The second-order valence-electron chi connectivity index (χ2n) is 3.61. The zero-order valence-corrected chi connectivity index (χ0v) is 7.96. The molecule has 2 unspecified atom stereocenters. The average Bonchev–Trinajstić information content (AvgIpc) is 2.56. The third-order valence-corrected chi connectivity index (χ3v) is 2.50. The van der Waals surface area contributed by atoms with Crippen molar-refractivity contribution in [1.29, 1.82) is 0 Å². The van der Waals surface area contributed by atoms with Crippen LogP contribution in [-0.4, -0.2) is 23.9 Å². The highest BCUT2D eigenvalue weighted by atomic mass is 16.5. The first-order valence-electron chi connectivity index (χ1n) is 5.14. The van der Waals surface area contributed by atoms with E-state index in [0.717, 1.165) is 32.3 Å². The van der Waals surface area contributed by atoms with Crippen molar-refractivity contribution in [1.82, 2.24) is 0 Å². The van der Waals surface area contributed by atoms with Crippen LogP contribution in [0.2, 0.25) is 0 Å². The van der Waals surface area contributed by atoms with E-state index >= 15 is 0 Å². The van der Waals surface area contributed by atoms with Gasteiger partial charge in [0.25, 0.3) is 0 Å². The molecule has 0 aromatic carbocycles. The third kappa shape index (κ3) is 3.11. The molecule has 1 aliphatic rings. The SMILES string of the molecule is CCCCCC(O)C1CCCO1.